The Morgan fingerprint density at radius 2 is 1.86 bits per heavy atom. The van der Waals surface area contributed by atoms with Crippen molar-refractivity contribution in [3.8, 4) is 11.5 Å². The molecular formula is C18H15ClF3N3O3. The molecule has 0 atom stereocenters. The Kier molecular flexibility index (Phi) is 5.37. The molecule has 1 aromatic heterocycles. The molecule has 0 unspecified atom stereocenters. The fourth-order valence-electron chi connectivity index (χ4n) is 2.74. The number of alkyl halides is 3. The molecule has 148 valence electrons. The van der Waals surface area contributed by atoms with Crippen molar-refractivity contribution < 1.29 is 27.4 Å². The Morgan fingerprint density at radius 3 is 2.50 bits per heavy atom. The third kappa shape index (κ3) is 3.84. The van der Waals surface area contributed by atoms with E-state index in [1.807, 2.05) is 0 Å². The molecule has 6 nitrogen and oxygen atoms in total. The fraction of sp³-hybridized carbons (Fsp3) is 0.222. The lowest BCUT2D eigenvalue weighted by Gasteiger charge is -2.15. The summed E-state index contributed by atoms with van der Waals surface area (Å²) >= 11 is 6.01. The minimum atomic E-state index is -4.71. The number of hydrogen-bond donors (Lipinski definition) is 1. The van der Waals surface area contributed by atoms with Crippen LogP contribution in [0.5, 0.6) is 11.5 Å². The predicted octanol–water partition coefficient (Wildman–Crippen LogP) is 4.36. The van der Waals surface area contributed by atoms with Crippen molar-refractivity contribution in [3.63, 3.8) is 0 Å². The van der Waals surface area contributed by atoms with Gasteiger partial charge in [-0.1, -0.05) is 23.7 Å². The number of nitrogens with one attached hydrogen (secondary N) is 1. The lowest BCUT2D eigenvalue weighted by atomic mass is 10.2. The van der Waals surface area contributed by atoms with Crippen molar-refractivity contribution >= 4 is 34.2 Å². The Bertz CT molecular complexity index is 1030. The van der Waals surface area contributed by atoms with Crippen LogP contribution in [0.4, 0.5) is 18.9 Å². The second-order valence-electron chi connectivity index (χ2n) is 5.74. The van der Waals surface area contributed by atoms with Crippen molar-refractivity contribution in [3.05, 3.63) is 47.2 Å². The third-order valence-corrected chi connectivity index (χ3v) is 4.25. The number of imidazole rings is 1. The van der Waals surface area contributed by atoms with Crippen molar-refractivity contribution in [2.75, 3.05) is 19.5 Å². The second-order valence-corrected chi connectivity index (χ2v) is 6.15. The maximum atomic E-state index is 13.4. The number of hydrogen-bond acceptors (Lipinski definition) is 4. The molecule has 3 rings (SSSR count). The average Bonchev–Trinajstić information content (AvgIpc) is 3.01. The van der Waals surface area contributed by atoms with E-state index in [1.165, 1.54) is 38.5 Å². The quantitative estimate of drug-likeness (QED) is 0.674. The summed E-state index contributed by atoms with van der Waals surface area (Å²) in [6.45, 7) is -0.594. The van der Waals surface area contributed by atoms with Crippen molar-refractivity contribution in [2.24, 2.45) is 0 Å². The summed E-state index contributed by atoms with van der Waals surface area (Å²) in [5.41, 5.74) is 0.561. The van der Waals surface area contributed by atoms with Gasteiger partial charge in [-0.2, -0.15) is 13.2 Å². The molecule has 1 heterocycles. The van der Waals surface area contributed by atoms with Crippen LogP contribution in [-0.4, -0.2) is 29.7 Å². The van der Waals surface area contributed by atoms with Crippen LogP contribution in [0, 0.1) is 0 Å². The number of carbonyl (C=O) groups is 1. The Morgan fingerprint density at radius 1 is 1.18 bits per heavy atom. The van der Waals surface area contributed by atoms with E-state index in [4.69, 9.17) is 21.1 Å². The van der Waals surface area contributed by atoms with E-state index < -0.39 is 24.5 Å². The molecule has 0 radical (unpaired) electrons. The summed E-state index contributed by atoms with van der Waals surface area (Å²) in [5, 5.41) is 2.79. The normalized spacial score (nSPS) is 11.5. The molecule has 0 aliphatic heterocycles. The van der Waals surface area contributed by atoms with Crippen LogP contribution >= 0.6 is 11.6 Å². The van der Waals surface area contributed by atoms with Crippen molar-refractivity contribution in [1.29, 1.82) is 0 Å². The largest absolute Gasteiger partial charge is 0.495 e. The molecule has 1 amide bonds. The van der Waals surface area contributed by atoms with Crippen LogP contribution in [0.15, 0.2) is 36.4 Å². The topological polar surface area (TPSA) is 65.4 Å². The maximum absolute atomic E-state index is 13.4. The molecule has 1 N–H and O–H groups in total. The Labute approximate surface area is 162 Å². The summed E-state index contributed by atoms with van der Waals surface area (Å²) in [5.74, 6) is -1.33. The summed E-state index contributed by atoms with van der Waals surface area (Å²) in [6, 6.07) is 8.93. The van der Waals surface area contributed by atoms with Gasteiger partial charge in [0.1, 0.15) is 18.0 Å². The van der Waals surface area contributed by atoms with Crippen LogP contribution in [0.25, 0.3) is 11.0 Å². The van der Waals surface area contributed by atoms with Gasteiger partial charge < -0.3 is 19.4 Å². The van der Waals surface area contributed by atoms with Gasteiger partial charge in [-0.15, -0.1) is 0 Å². The molecule has 0 bridgehead atoms. The zero-order valence-electron chi connectivity index (χ0n) is 14.8. The van der Waals surface area contributed by atoms with E-state index in [0.717, 1.165) is 4.57 Å². The van der Waals surface area contributed by atoms with Gasteiger partial charge >= 0.3 is 6.18 Å². The number of anilines is 1. The number of methoxy groups -OCH3 is 2. The number of nitrogens with zero attached hydrogens (tertiary/aromatic N) is 2. The van der Waals surface area contributed by atoms with Crippen LogP contribution in [0.3, 0.4) is 0 Å². The Hall–Kier alpha value is -2.94. The van der Waals surface area contributed by atoms with E-state index >= 15 is 0 Å². The van der Waals surface area contributed by atoms with E-state index in [-0.39, 0.29) is 33.2 Å². The van der Waals surface area contributed by atoms with Crippen LogP contribution in [0.2, 0.25) is 5.02 Å². The molecule has 3 aromatic rings. The third-order valence-electron chi connectivity index (χ3n) is 3.96. The van der Waals surface area contributed by atoms with Gasteiger partial charge in [0.25, 0.3) is 0 Å². The molecule has 0 aliphatic carbocycles. The molecule has 2 aromatic carbocycles. The number of aromatic nitrogens is 2. The highest BCUT2D eigenvalue weighted by Gasteiger charge is 2.38. The van der Waals surface area contributed by atoms with Crippen molar-refractivity contribution in [1.82, 2.24) is 9.55 Å². The van der Waals surface area contributed by atoms with Crippen LogP contribution in [-0.2, 0) is 17.5 Å². The lowest BCUT2D eigenvalue weighted by molar-refractivity contribution is -0.147. The van der Waals surface area contributed by atoms with Gasteiger partial charge in [-0.25, -0.2) is 4.98 Å². The van der Waals surface area contributed by atoms with Gasteiger partial charge in [0.05, 0.1) is 36.0 Å². The Balaban J connectivity index is 1.94. The first-order valence-corrected chi connectivity index (χ1v) is 8.36. The number of benzene rings is 2. The molecule has 0 saturated carbocycles. The molecule has 0 saturated heterocycles. The van der Waals surface area contributed by atoms with Gasteiger partial charge in [-0.05, 0) is 12.1 Å². The SMILES string of the molecule is COc1cc(NC(=O)Cn2c(C(F)(F)F)nc3ccccc32)c(OC)cc1Cl. The molecule has 0 aliphatic rings. The number of fused-ring (bicyclic) bond motifs is 1. The molecular weight excluding hydrogens is 399 g/mol. The van der Waals surface area contributed by atoms with Crippen LogP contribution < -0.4 is 14.8 Å². The first kappa shape index (κ1) is 19.8. The van der Waals surface area contributed by atoms with Crippen LogP contribution in [0.1, 0.15) is 5.82 Å². The minimum Gasteiger partial charge on any atom is -0.495 e. The lowest BCUT2D eigenvalue weighted by Crippen LogP contribution is -2.23. The number of halogens is 4. The van der Waals surface area contributed by atoms with Gasteiger partial charge in [0.2, 0.25) is 11.7 Å². The number of carbonyl (C=O) groups excluding carboxylic acids is 1. The van der Waals surface area contributed by atoms with Crippen molar-refractivity contribution in [2.45, 2.75) is 12.7 Å². The molecule has 0 spiro atoms. The van der Waals surface area contributed by atoms with E-state index in [2.05, 4.69) is 10.3 Å². The maximum Gasteiger partial charge on any atom is 0.449 e. The number of rotatable bonds is 5. The summed E-state index contributed by atoms with van der Waals surface area (Å²) < 4.78 is 51.1. The minimum absolute atomic E-state index is 0.147. The average molecular weight is 414 g/mol. The van der Waals surface area contributed by atoms with E-state index in [1.54, 1.807) is 12.1 Å². The summed E-state index contributed by atoms with van der Waals surface area (Å²) in [7, 11) is 2.77. The molecule has 10 heteroatoms. The number of amides is 1. The van der Waals surface area contributed by atoms with E-state index in [0.29, 0.717) is 0 Å². The van der Waals surface area contributed by atoms with Gasteiger partial charge in [0, 0.05) is 12.1 Å². The second kappa shape index (κ2) is 7.59. The highest BCUT2D eigenvalue weighted by molar-refractivity contribution is 6.32. The van der Waals surface area contributed by atoms with E-state index in [9.17, 15) is 18.0 Å². The highest BCUT2D eigenvalue weighted by Crippen LogP contribution is 2.36. The number of ether oxygens (including phenoxy) is 2. The monoisotopic (exact) mass is 413 g/mol. The summed E-state index contributed by atoms with van der Waals surface area (Å²) in [4.78, 5) is 16.1. The zero-order valence-corrected chi connectivity index (χ0v) is 15.6. The number of para-hydroxylation sites is 2. The van der Waals surface area contributed by atoms with Gasteiger partial charge in [0.15, 0.2) is 0 Å². The first-order valence-electron chi connectivity index (χ1n) is 7.98. The fourth-order valence-corrected chi connectivity index (χ4v) is 2.97. The predicted molar refractivity (Wildman–Crippen MR) is 97.9 cm³/mol. The zero-order chi connectivity index (χ0) is 20.5. The standard InChI is InChI=1S/C18H15ClF3N3O3/c1-27-14-8-12(15(28-2)7-10(14)19)23-16(26)9-25-13-6-4-3-5-11(13)24-17(25)18(20,21)22/h3-8H,9H2,1-2H3,(H,23,26). The molecule has 0 fully saturated rings. The molecule has 28 heavy (non-hydrogen) atoms. The summed E-state index contributed by atoms with van der Waals surface area (Å²) in [6.07, 6.45) is -4.71. The first-order chi connectivity index (χ1) is 13.2. The smallest absolute Gasteiger partial charge is 0.449 e. The van der Waals surface area contributed by atoms with Gasteiger partial charge in [-0.3, -0.25) is 4.79 Å². The highest BCUT2D eigenvalue weighted by atomic mass is 35.5.